The van der Waals surface area contributed by atoms with Crippen molar-refractivity contribution in [3.8, 4) is 0 Å². The molecule has 0 bridgehead atoms. The van der Waals surface area contributed by atoms with Crippen LogP contribution in [0.25, 0.3) is 0 Å². The number of hydrogen-bond acceptors (Lipinski definition) is 2. The van der Waals surface area contributed by atoms with Crippen molar-refractivity contribution in [1.29, 1.82) is 0 Å². The summed E-state index contributed by atoms with van der Waals surface area (Å²) in [6.07, 6.45) is 6.30. The van der Waals surface area contributed by atoms with Crippen molar-refractivity contribution in [1.82, 2.24) is 0 Å². The van der Waals surface area contributed by atoms with Crippen LogP contribution in [-0.2, 0) is 4.74 Å². The zero-order valence-electron chi connectivity index (χ0n) is 11.6. The first-order valence-electron chi connectivity index (χ1n) is 7.14. The number of hydrogen-bond donors (Lipinski definition) is 1. The summed E-state index contributed by atoms with van der Waals surface area (Å²) in [5.74, 6) is 0.768. The van der Waals surface area contributed by atoms with Crippen LogP contribution in [0.2, 0.25) is 0 Å². The molecule has 2 atom stereocenters. The van der Waals surface area contributed by atoms with Crippen molar-refractivity contribution >= 4 is 0 Å². The quantitative estimate of drug-likeness (QED) is 0.830. The summed E-state index contributed by atoms with van der Waals surface area (Å²) >= 11 is 0. The SMILES string of the molecule is CCCC(OC)C(N)c1cccc(C2CCC2)c1. The standard InChI is InChI=1S/C16H25NO/c1-3-6-15(18-2)16(17)14-10-5-9-13(11-14)12-7-4-8-12/h5,9-12,15-16H,3-4,6-8,17H2,1-2H3. The van der Waals surface area contributed by atoms with E-state index in [1.54, 1.807) is 7.11 Å². The van der Waals surface area contributed by atoms with Gasteiger partial charge < -0.3 is 10.5 Å². The summed E-state index contributed by atoms with van der Waals surface area (Å²) in [6.45, 7) is 2.17. The lowest BCUT2D eigenvalue weighted by molar-refractivity contribution is 0.0725. The van der Waals surface area contributed by atoms with Gasteiger partial charge in [0.05, 0.1) is 12.1 Å². The van der Waals surface area contributed by atoms with E-state index in [1.165, 1.54) is 30.4 Å². The molecule has 2 heteroatoms. The van der Waals surface area contributed by atoms with Crippen LogP contribution < -0.4 is 5.73 Å². The van der Waals surface area contributed by atoms with Crippen molar-refractivity contribution in [2.75, 3.05) is 7.11 Å². The summed E-state index contributed by atoms with van der Waals surface area (Å²) in [5.41, 5.74) is 9.02. The molecule has 2 nitrogen and oxygen atoms in total. The molecule has 0 aliphatic heterocycles. The van der Waals surface area contributed by atoms with E-state index in [2.05, 4.69) is 31.2 Å². The van der Waals surface area contributed by atoms with Gasteiger partial charge in [-0.05, 0) is 36.3 Å². The topological polar surface area (TPSA) is 35.2 Å². The summed E-state index contributed by atoms with van der Waals surface area (Å²) in [4.78, 5) is 0. The number of nitrogens with two attached hydrogens (primary N) is 1. The normalized spacial score (nSPS) is 19.3. The maximum Gasteiger partial charge on any atom is 0.0763 e. The molecule has 0 spiro atoms. The third-order valence-corrected chi connectivity index (χ3v) is 4.15. The first-order chi connectivity index (χ1) is 8.76. The van der Waals surface area contributed by atoms with E-state index < -0.39 is 0 Å². The minimum atomic E-state index is -0.00465. The van der Waals surface area contributed by atoms with Gasteiger partial charge in [0.1, 0.15) is 0 Å². The fourth-order valence-electron chi connectivity index (χ4n) is 2.71. The average molecular weight is 247 g/mol. The first kappa shape index (κ1) is 13.6. The molecule has 0 heterocycles. The highest BCUT2D eigenvalue weighted by atomic mass is 16.5. The predicted octanol–water partition coefficient (Wildman–Crippen LogP) is 3.77. The Kier molecular flexibility index (Phi) is 4.79. The highest BCUT2D eigenvalue weighted by molar-refractivity contribution is 5.30. The monoisotopic (exact) mass is 247 g/mol. The Labute approximate surface area is 111 Å². The highest BCUT2D eigenvalue weighted by Crippen LogP contribution is 2.37. The molecular formula is C16H25NO. The number of rotatable bonds is 6. The third-order valence-electron chi connectivity index (χ3n) is 4.15. The number of benzene rings is 1. The Hall–Kier alpha value is -0.860. The van der Waals surface area contributed by atoms with Gasteiger partial charge in [-0.25, -0.2) is 0 Å². The fraction of sp³-hybridized carbons (Fsp3) is 0.625. The Bertz CT molecular complexity index is 373. The minimum Gasteiger partial charge on any atom is -0.379 e. The Morgan fingerprint density at radius 2 is 2.17 bits per heavy atom. The molecule has 1 fully saturated rings. The van der Waals surface area contributed by atoms with E-state index in [0.29, 0.717) is 0 Å². The van der Waals surface area contributed by atoms with E-state index in [4.69, 9.17) is 10.5 Å². The third kappa shape index (κ3) is 2.93. The molecule has 18 heavy (non-hydrogen) atoms. The lowest BCUT2D eigenvalue weighted by Crippen LogP contribution is -2.28. The van der Waals surface area contributed by atoms with Crippen LogP contribution in [0.4, 0.5) is 0 Å². The molecule has 2 rings (SSSR count). The number of methoxy groups -OCH3 is 1. The Balaban J connectivity index is 2.10. The molecule has 100 valence electrons. The molecular weight excluding hydrogens is 222 g/mol. The van der Waals surface area contributed by atoms with Crippen LogP contribution in [0, 0.1) is 0 Å². The molecule has 1 saturated carbocycles. The van der Waals surface area contributed by atoms with Gasteiger partial charge in [-0.15, -0.1) is 0 Å². The van der Waals surface area contributed by atoms with Crippen LogP contribution in [0.3, 0.4) is 0 Å². The maximum atomic E-state index is 6.34. The summed E-state index contributed by atoms with van der Waals surface area (Å²) in [6, 6.07) is 8.79. The maximum absolute atomic E-state index is 6.34. The molecule has 1 aliphatic carbocycles. The molecule has 1 aromatic rings. The van der Waals surface area contributed by atoms with E-state index in [0.717, 1.165) is 18.8 Å². The molecule has 0 saturated heterocycles. The lowest BCUT2D eigenvalue weighted by atomic mass is 9.79. The van der Waals surface area contributed by atoms with Crippen LogP contribution in [0.1, 0.15) is 62.1 Å². The van der Waals surface area contributed by atoms with Crippen LogP contribution >= 0.6 is 0 Å². The van der Waals surface area contributed by atoms with Gasteiger partial charge >= 0.3 is 0 Å². The van der Waals surface area contributed by atoms with E-state index >= 15 is 0 Å². The zero-order chi connectivity index (χ0) is 13.0. The van der Waals surface area contributed by atoms with E-state index in [1.807, 2.05) is 0 Å². The lowest BCUT2D eigenvalue weighted by Gasteiger charge is -2.28. The smallest absolute Gasteiger partial charge is 0.0763 e. The minimum absolute atomic E-state index is 0.00465. The summed E-state index contributed by atoms with van der Waals surface area (Å²) < 4.78 is 5.52. The van der Waals surface area contributed by atoms with Crippen LogP contribution in [0.15, 0.2) is 24.3 Å². The molecule has 1 aliphatic rings. The Morgan fingerprint density at radius 1 is 1.39 bits per heavy atom. The van der Waals surface area contributed by atoms with Gasteiger partial charge in [0.15, 0.2) is 0 Å². The van der Waals surface area contributed by atoms with Gasteiger partial charge in [-0.1, -0.05) is 44.0 Å². The van der Waals surface area contributed by atoms with Crippen LogP contribution in [0.5, 0.6) is 0 Å². The summed E-state index contributed by atoms with van der Waals surface area (Å²) in [5, 5.41) is 0. The second-order valence-corrected chi connectivity index (χ2v) is 5.39. The van der Waals surface area contributed by atoms with Gasteiger partial charge in [0.2, 0.25) is 0 Å². The zero-order valence-corrected chi connectivity index (χ0v) is 11.6. The number of ether oxygens (including phenoxy) is 1. The van der Waals surface area contributed by atoms with Gasteiger partial charge in [-0.2, -0.15) is 0 Å². The van der Waals surface area contributed by atoms with E-state index in [9.17, 15) is 0 Å². The second-order valence-electron chi connectivity index (χ2n) is 5.39. The van der Waals surface area contributed by atoms with Crippen molar-refractivity contribution in [3.05, 3.63) is 35.4 Å². The molecule has 1 aromatic carbocycles. The molecule has 2 N–H and O–H groups in total. The second kappa shape index (κ2) is 6.35. The largest absolute Gasteiger partial charge is 0.379 e. The summed E-state index contributed by atoms with van der Waals surface area (Å²) in [7, 11) is 1.76. The van der Waals surface area contributed by atoms with Crippen molar-refractivity contribution in [3.63, 3.8) is 0 Å². The fourth-order valence-corrected chi connectivity index (χ4v) is 2.71. The van der Waals surface area contributed by atoms with Gasteiger partial charge in [0.25, 0.3) is 0 Å². The van der Waals surface area contributed by atoms with Gasteiger partial charge in [-0.3, -0.25) is 0 Å². The first-order valence-corrected chi connectivity index (χ1v) is 7.14. The predicted molar refractivity (Wildman–Crippen MR) is 75.7 cm³/mol. The van der Waals surface area contributed by atoms with Crippen LogP contribution in [-0.4, -0.2) is 13.2 Å². The van der Waals surface area contributed by atoms with Crippen molar-refractivity contribution < 1.29 is 4.74 Å². The molecule has 0 amide bonds. The Morgan fingerprint density at radius 3 is 2.72 bits per heavy atom. The molecule has 0 aromatic heterocycles. The highest BCUT2D eigenvalue weighted by Gasteiger charge is 2.22. The molecule has 2 unspecified atom stereocenters. The average Bonchev–Trinajstić information content (AvgIpc) is 2.33. The van der Waals surface area contributed by atoms with Gasteiger partial charge in [0, 0.05) is 7.11 Å². The van der Waals surface area contributed by atoms with Crippen molar-refractivity contribution in [2.24, 2.45) is 5.73 Å². The van der Waals surface area contributed by atoms with Crippen molar-refractivity contribution in [2.45, 2.75) is 57.1 Å². The molecule has 0 radical (unpaired) electrons. The van der Waals surface area contributed by atoms with E-state index in [-0.39, 0.29) is 12.1 Å².